The van der Waals surface area contributed by atoms with Crippen LogP contribution in [0, 0.1) is 14.9 Å². The van der Waals surface area contributed by atoms with Gasteiger partial charge in [-0.15, -0.1) is 44.8 Å². The molecule has 0 aliphatic rings. The van der Waals surface area contributed by atoms with Crippen LogP contribution < -0.4 is 0 Å². The van der Waals surface area contributed by atoms with Crippen molar-refractivity contribution in [1.82, 2.24) is 0 Å². The number of rotatable bonds is 8. The zero-order chi connectivity index (χ0) is 46.7. The van der Waals surface area contributed by atoms with Gasteiger partial charge in [0.25, 0.3) is 0 Å². The average molecular weight is 997 g/mol. The standard InChI is InChI=1S/2C33H27.2CH3.Si.Zr/c2*1-3-22(2)25-20-32-30(28-16-8-12-23-10-4-6-14-26(23)28)18-19-31(33(32)21-25)29-17-9-13-24-11-5-7-15-27(24)29;;;;/h2*4-22H,3H2,1-2H3;2*1H3;;/q4*-1;;. The van der Waals surface area contributed by atoms with E-state index in [1.165, 1.54) is 144 Å². The van der Waals surface area contributed by atoms with E-state index in [4.69, 9.17) is 0 Å². The summed E-state index contributed by atoms with van der Waals surface area (Å²) in [6, 6.07) is 80.6. The molecular weight excluding hydrogens is 936 g/mol. The van der Waals surface area contributed by atoms with E-state index in [1.54, 1.807) is 0 Å². The van der Waals surface area contributed by atoms with Gasteiger partial charge in [-0.1, -0.05) is 268 Å². The molecule has 0 saturated carbocycles. The molecule has 344 valence electrons. The Balaban J connectivity index is 0.000000177. The SMILES string of the molecule is CCC(C)c1cc2c(-c3cccc4ccccc34)ccc(-c3cccc4ccccc34)c2[cH-]1.CCC(C)c1cc2c(-c3cccc4ccccc34)ccc(-c3cccc4ccccc34)c2[cH-]1.[CH3-].[CH3-].[Si]=[Zr]. The number of benzene rings is 10. The van der Waals surface area contributed by atoms with Gasteiger partial charge in [0.1, 0.15) is 0 Å². The van der Waals surface area contributed by atoms with E-state index in [0.29, 0.717) is 11.8 Å². The molecule has 0 heterocycles. The van der Waals surface area contributed by atoms with E-state index >= 15 is 0 Å². The predicted octanol–water partition coefficient (Wildman–Crippen LogP) is 19.9. The van der Waals surface area contributed by atoms with Gasteiger partial charge < -0.3 is 14.9 Å². The number of hydrogen-bond donors (Lipinski definition) is 0. The fourth-order valence-electron chi connectivity index (χ4n) is 10.5. The molecule has 0 N–H and O–H groups in total. The van der Waals surface area contributed by atoms with Crippen molar-refractivity contribution in [2.24, 2.45) is 0 Å². The number of hydrogen-bond acceptors (Lipinski definition) is 0. The van der Waals surface area contributed by atoms with Crippen LogP contribution in [0.1, 0.15) is 63.5 Å². The van der Waals surface area contributed by atoms with Gasteiger partial charge in [-0.05, 0) is 66.1 Å². The van der Waals surface area contributed by atoms with Crippen molar-refractivity contribution in [2.45, 2.75) is 52.4 Å². The number of fused-ring (bicyclic) bond motifs is 6. The Hall–Kier alpha value is -6.44. The maximum absolute atomic E-state index is 3.06. The van der Waals surface area contributed by atoms with Crippen molar-refractivity contribution < 1.29 is 23.3 Å². The fourth-order valence-corrected chi connectivity index (χ4v) is 10.5. The van der Waals surface area contributed by atoms with Crippen LogP contribution in [0.3, 0.4) is 0 Å². The summed E-state index contributed by atoms with van der Waals surface area (Å²) >= 11 is 1.36. The second-order valence-corrected chi connectivity index (χ2v) is 18.3. The minimum atomic E-state index is 0. The van der Waals surface area contributed by atoms with Crippen LogP contribution >= 0.6 is 0 Å². The van der Waals surface area contributed by atoms with E-state index in [0.717, 1.165) is 12.8 Å². The first-order valence-corrected chi connectivity index (χ1v) is 28.3. The summed E-state index contributed by atoms with van der Waals surface area (Å²) in [4.78, 5) is 0. The Labute approximate surface area is 433 Å². The molecule has 2 atom stereocenters. The van der Waals surface area contributed by atoms with Crippen LogP contribution in [-0.4, -0.2) is 6.88 Å². The van der Waals surface area contributed by atoms with Crippen molar-refractivity contribution >= 4 is 71.5 Å². The maximum atomic E-state index is 3.06. The summed E-state index contributed by atoms with van der Waals surface area (Å²) < 4.78 is 0. The molecule has 0 aliphatic heterocycles. The molecule has 2 radical (unpaired) electrons. The molecule has 0 aliphatic carbocycles. The summed E-state index contributed by atoms with van der Waals surface area (Å²) in [6.45, 7) is 12.3. The molecule has 0 aromatic heterocycles. The molecule has 0 nitrogen and oxygen atoms in total. The van der Waals surface area contributed by atoms with Gasteiger partial charge in [-0.2, -0.15) is 12.1 Å². The Morgan fingerprint density at radius 2 is 0.571 bits per heavy atom. The van der Waals surface area contributed by atoms with Crippen molar-refractivity contribution in [3.05, 3.63) is 244 Å². The second-order valence-electron chi connectivity index (χ2n) is 18.3. The van der Waals surface area contributed by atoms with Gasteiger partial charge in [-0.25, -0.2) is 0 Å². The Morgan fingerprint density at radius 3 is 0.871 bits per heavy atom. The van der Waals surface area contributed by atoms with Crippen LogP contribution in [0.4, 0.5) is 0 Å². The first kappa shape index (κ1) is 50.0. The third kappa shape index (κ3) is 9.33. The molecule has 0 amide bonds. The summed E-state index contributed by atoms with van der Waals surface area (Å²) in [5.41, 5.74) is 13.4. The molecule has 2 unspecified atom stereocenters. The van der Waals surface area contributed by atoms with Crippen LogP contribution in [0.25, 0.3) is 109 Å². The van der Waals surface area contributed by atoms with Crippen LogP contribution in [-0.2, 0) is 23.3 Å². The second kappa shape index (κ2) is 22.1. The molecule has 0 bridgehead atoms. The van der Waals surface area contributed by atoms with Gasteiger partial charge in [0.2, 0.25) is 0 Å². The van der Waals surface area contributed by atoms with Gasteiger partial charge in [0, 0.05) is 0 Å². The summed E-state index contributed by atoms with van der Waals surface area (Å²) in [6.07, 6.45) is 2.28. The zero-order valence-electron chi connectivity index (χ0n) is 41.4. The Kier molecular flexibility index (Phi) is 15.8. The Bertz CT molecular complexity index is 3250. The van der Waals surface area contributed by atoms with Gasteiger partial charge in [-0.3, -0.25) is 0 Å². The first-order valence-electron chi connectivity index (χ1n) is 24.1. The van der Waals surface area contributed by atoms with Gasteiger partial charge in [0.05, 0.1) is 0 Å². The quantitative estimate of drug-likeness (QED) is 0.105. The minimum absolute atomic E-state index is 0. The Morgan fingerprint density at radius 1 is 0.329 bits per heavy atom. The van der Waals surface area contributed by atoms with E-state index < -0.39 is 0 Å². The van der Waals surface area contributed by atoms with Crippen LogP contribution in [0.15, 0.2) is 218 Å². The average Bonchev–Trinajstić information content (AvgIpc) is 4.07. The topological polar surface area (TPSA) is 0 Å². The molecule has 12 rings (SSSR count). The van der Waals surface area contributed by atoms with Crippen molar-refractivity contribution in [2.75, 3.05) is 0 Å². The molecule has 70 heavy (non-hydrogen) atoms. The van der Waals surface area contributed by atoms with E-state index in [9.17, 15) is 0 Å². The molecule has 12 aromatic rings. The first-order chi connectivity index (χ1) is 33.5. The molecule has 0 fully saturated rings. The van der Waals surface area contributed by atoms with Gasteiger partial charge in [0.15, 0.2) is 0 Å². The zero-order valence-corrected chi connectivity index (χ0v) is 44.8. The fraction of sp³-hybridized carbons (Fsp3) is 0.118. The van der Waals surface area contributed by atoms with Crippen molar-refractivity contribution in [1.29, 1.82) is 0 Å². The van der Waals surface area contributed by atoms with Gasteiger partial charge >= 0.3 is 30.2 Å². The molecule has 0 spiro atoms. The third-order valence-electron chi connectivity index (χ3n) is 14.5. The van der Waals surface area contributed by atoms with Crippen molar-refractivity contribution in [3.8, 4) is 44.5 Å². The van der Waals surface area contributed by atoms with Crippen LogP contribution in [0.5, 0.6) is 0 Å². The molecular formula is C68H60SiZr-4. The third-order valence-corrected chi connectivity index (χ3v) is 14.5. The summed E-state index contributed by atoms with van der Waals surface area (Å²) in [5, 5.41) is 15.8. The molecule has 2 heteroatoms. The van der Waals surface area contributed by atoms with E-state index in [1.807, 2.05) is 0 Å². The monoisotopic (exact) mass is 994 g/mol. The summed E-state index contributed by atoms with van der Waals surface area (Å²) in [7, 11) is 0. The molecule has 12 aromatic carbocycles. The predicted molar refractivity (Wildman–Crippen MR) is 307 cm³/mol. The summed E-state index contributed by atoms with van der Waals surface area (Å²) in [5.74, 6) is 1.08. The molecule has 0 saturated heterocycles. The van der Waals surface area contributed by atoms with Crippen LogP contribution in [0.2, 0.25) is 0 Å². The van der Waals surface area contributed by atoms with Crippen molar-refractivity contribution in [3.63, 3.8) is 0 Å². The van der Waals surface area contributed by atoms with E-state index in [-0.39, 0.29) is 14.9 Å². The normalized spacial score (nSPS) is 11.9. The van der Waals surface area contributed by atoms with E-state index in [2.05, 4.69) is 253 Å².